The summed E-state index contributed by atoms with van der Waals surface area (Å²) in [6, 6.07) is 8.15. The molecule has 0 aliphatic rings. The number of H-pyrrole nitrogens is 1. The molecule has 2 aromatic heterocycles. The van der Waals surface area contributed by atoms with Gasteiger partial charge in [-0.1, -0.05) is 12.1 Å². The SMILES string of the molecule is CCOC(=O)c1nc2cc(-n3ccc(CNC(=O)Nc4ccccc4F)c3)c(C(F)(F)F)cc2[nH]c1=O. The van der Waals surface area contributed by atoms with E-state index in [-0.39, 0.29) is 35.6 Å². The fourth-order valence-corrected chi connectivity index (χ4v) is 3.51. The van der Waals surface area contributed by atoms with Crippen LogP contribution < -0.4 is 16.2 Å². The average Bonchev–Trinajstić information content (AvgIpc) is 3.31. The molecular formula is C24H19F4N5O4. The van der Waals surface area contributed by atoms with Gasteiger partial charge < -0.3 is 24.9 Å². The van der Waals surface area contributed by atoms with Crippen molar-refractivity contribution in [3.63, 3.8) is 0 Å². The minimum Gasteiger partial charge on any atom is -0.461 e. The molecule has 192 valence electrons. The molecule has 3 N–H and O–H groups in total. The van der Waals surface area contributed by atoms with Crippen LogP contribution in [0.2, 0.25) is 0 Å². The van der Waals surface area contributed by atoms with Crippen molar-refractivity contribution in [3.05, 3.63) is 87.9 Å². The molecule has 2 aromatic carbocycles. The predicted molar refractivity (Wildman–Crippen MR) is 125 cm³/mol. The van der Waals surface area contributed by atoms with Crippen LogP contribution in [-0.2, 0) is 17.5 Å². The number of halogens is 4. The molecule has 37 heavy (non-hydrogen) atoms. The Morgan fingerprint density at radius 1 is 1.16 bits per heavy atom. The summed E-state index contributed by atoms with van der Waals surface area (Å²) in [5.41, 5.74) is -2.82. The summed E-state index contributed by atoms with van der Waals surface area (Å²) in [6.45, 7) is 1.44. The van der Waals surface area contributed by atoms with Crippen molar-refractivity contribution in [3.8, 4) is 5.69 Å². The van der Waals surface area contributed by atoms with Crippen LogP contribution in [0, 0.1) is 5.82 Å². The van der Waals surface area contributed by atoms with Crippen molar-refractivity contribution in [1.82, 2.24) is 19.9 Å². The number of anilines is 1. The van der Waals surface area contributed by atoms with Crippen molar-refractivity contribution in [2.45, 2.75) is 19.6 Å². The molecule has 9 nitrogen and oxygen atoms in total. The summed E-state index contributed by atoms with van der Waals surface area (Å²) in [5, 5.41) is 4.84. The maximum absolute atomic E-state index is 13.9. The standard InChI is InChI=1S/C24H19F4N5O4/c1-2-37-22(35)20-21(34)31-17-9-14(24(26,27)28)19(10-18(17)30-20)33-8-7-13(12-33)11-29-23(36)32-16-6-4-3-5-15(16)25/h3-10,12H,2,11H2,1H3,(H,31,34)(H2,29,32,36). The van der Waals surface area contributed by atoms with Gasteiger partial charge >= 0.3 is 18.2 Å². The third-order valence-corrected chi connectivity index (χ3v) is 5.19. The lowest BCUT2D eigenvalue weighted by Crippen LogP contribution is -2.28. The van der Waals surface area contributed by atoms with E-state index >= 15 is 0 Å². The van der Waals surface area contributed by atoms with E-state index in [9.17, 15) is 31.9 Å². The number of aromatic nitrogens is 3. The zero-order valence-electron chi connectivity index (χ0n) is 19.1. The van der Waals surface area contributed by atoms with Crippen LogP contribution in [0.1, 0.15) is 28.5 Å². The molecule has 0 aliphatic carbocycles. The number of carbonyl (C=O) groups is 2. The lowest BCUT2D eigenvalue weighted by atomic mass is 10.1. The molecule has 0 unspecified atom stereocenters. The van der Waals surface area contributed by atoms with Gasteiger partial charge in [-0.25, -0.2) is 19.0 Å². The van der Waals surface area contributed by atoms with Crippen molar-refractivity contribution < 1.29 is 31.9 Å². The number of ether oxygens (including phenoxy) is 1. The van der Waals surface area contributed by atoms with Crippen LogP contribution in [0.5, 0.6) is 0 Å². The zero-order valence-corrected chi connectivity index (χ0v) is 19.1. The van der Waals surface area contributed by atoms with E-state index in [4.69, 9.17) is 4.74 Å². The maximum atomic E-state index is 13.9. The molecule has 2 amide bonds. The van der Waals surface area contributed by atoms with Gasteiger partial charge in [0, 0.05) is 18.9 Å². The van der Waals surface area contributed by atoms with E-state index in [2.05, 4.69) is 20.6 Å². The van der Waals surface area contributed by atoms with Crippen LogP contribution in [-0.4, -0.2) is 33.1 Å². The Labute approximate surface area is 206 Å². The van der Waals surface area contributed by atoms with Gasteiger partial charge in [-0.3, -0.25) is 4.79 Å². The highest BCUT2D eigenvalue weighted by Crippen LogP contribution is 2.36. The first kappa shape index (κ1) is 25.4. The summed E-state index contributed by atoms with van der Waals surface area (Å²) in [7, 11) is 0. The molecule has 0 atom stereocenters. The number of para-hydroxylation sites is 1. The summed E-state index contributed by atoms with van der Waals surface area (Å²) in [6.07, 6.45) is -2.08. The van der Waals surface area contributed by atoms with Gasteiger partial charge in [-0.2, -0.15) is 13.2 Å². The number of benzene rings is 2. The molecule has 0 saturated carbocycles. The van der Waals surface area contributed by atoms with Crippen molar-refractivity contribution in [2.75, 3.05) is 11.9 Å². The number of rotatable bonds is 6. The van der Waals surface area contributed by atoms with E-state index in [1.807, 2.05) is 0 Å². The third kappa shape index (κ3) is 5.60. The van der Waals surface area contributed by atoms with E-state index in [1.54, 1.807) is 6.07 Å². The fourth-order valence-electron chi connectivity index (χ4n) is 3.51. The van der Waals surface area contributed by atoms with Crippen LogP contribution >= 0.6 is 0 Å². The molecule has 0 fully saturated rings. The smallest absolute Gasteiger partial charge is 0.418 e. The molecule has 13 heteroatoms. The van der Waals surface area contributed by atoms with Crippen molar-refractivity contribution in [1.29, 1.82) is 0 Å². The largest absolute Gasteiger partial charge is 0.461 e. The molecule has 2 heterocycles. The molecular weight excluding hydrogens is 498 g/mol. The summed E-state index contributed by atoms with van der Waals surface area (Å²) in [5.74, 6) is -1.63. The number of nitrogens with zero attached hydrogens (tertiary/aromatic N) is 2. The molecule has 0 aliphatic heterocycles. The minimum atomic E-state index is -4.79. The van der Waals surface area contributed by atoms with Crippen LogP contribution in [0.4, 0.5) is 28.0 Å². The van der Waals surface area contributed by atoms with Gasteiger partial charge in [-0.15, -0.1) is 0 Å². The number of carbonyl (C=O) groups excluding carboxylic acids is 2. The normalized spacial score (nSPS) is 11.4. The second kappa shape index (κ2) is 10.1. The molecule has 0 bridgehead atoms. The third-order valence-electron chi connectivity index (χ3n) is 5.19. The fraction of sp³-hybridized carbons (Fsp3) is 0.167. The second-order valence-electron chi connectivity index (χ2n) is 7.73. The summed E-state index contributed by atoms with van der Waals surface area (Å²) in [4.78, 5) is 42.4. The second-order valence-corrected chi connectivity index (χ2v) is 7.73. The van der Waals surface area contributed by atoms with Gasteiger partial charge in [0.15, 0.2) is 0 Å². The van der Waals surface area contributed by atoms with Gasteiger partial charge in [0.2, 0.25) is 5.69 Å². The minimum absolute atomic E-state index is 0.0191. The first-order valence-electron chi connectivity index (χ1n) is 10.9. The number of hydrogen-bond acceptors (Lipinski definition) is 5. The Hall–Kier alpha value is -4.68. The molecule has 0 spiro atoms. The van der Waals surface area contributed by atoms with Crippen molar-refractivity contribution in [2.24, 2.45) is 0 Å². The van der Waals surface area contributed by atoms with Crippen LogP contribution in [0.3, 0.4) is 0 Å². The lowest BCUT2D eigenvalue weighted by molar-refractivity contribution is -0.137. The lowest BCUT2D eigenvalue weighted by Gasteiger charge is -2.15. The summed E-state index contributed by atoms with van der Waals surface area (Å²) < 4.78 is 61.3. The summed E-state index contributed by atoms with van der Waals surface area (Å²) >= 11 is 0. The number of urea groups is 1. The van der Waals surface area contributed by atoms with Crippen LogP contribution in [0.25, 0.3) is 16.7 Å². The highest BCUT2D eigenvalue weighted by Gasteiger charge is 2.35. The number of fused-ring (bicyclic) bond motifs is 1. The number of nitrogens with one attached hydrogen (secondary N) is 3. The Morgan fingerprint density at radius 3 is 2.62 bits per heavy atom. The Balaban J connectivity index is 1.63. The highest BCUT2D eigenvalue weighted by molar-refractivity contribution is 5.90. The molecule has 0 radical (unpaired) electrons. The average molecular weight is 517 g/mol. The van der Waals surface area contributed by atoms with E-state index < -0.39 is 40.8 Å². The van der Waals surface area contributed by atoms with Crippen LogP contribution in [0.15, 0.2) is 59.7 Å². The van der Waals surface area contributed by atoms with E-state index in [0.717, 1.165) is 12.1 Å². The van der Waals surface area contributed by atoms with Gasteiger partial charge in [0.05, 0.1) is 34.6 Å². The van der Waals surface area contributed by atoms with Crippen molar-refractivity contribution >= 4 is 28.7 Å². The Bertz CT molecular complexity index is 1540. The first-order valence-corrected chi connectivity index (χ1v) is 10.9. The Morgan fingerprint density at radius 2 is 1.92 bits per heavy atom. The monoisotopic (exact) mass is 517 g/mol. The number of hydrogen-bond donors (Lipinski definition) is 3. The first-order chi connectivity index (χ1) is 17.6. The van der Waals surface area contributed by atoms with Gasteiger partial charge in [0.25, 0.3) is 5.56 Å². The number of alkyl halides is 3. The highest BCUT2D eigenvalue weighted by atomic mass is 19.4. The quantitative estimate of drug-likeness (QED) is 0.259. The molecule has 0 saturated heterocycles. The topological polar surface area (TPSA) is 118 Å². The molecule has 4 rings (SSSR count). The van der Waals surface area contributed by atoms with E-state index in [0.29, 0.717) is 5.56 Å². The number of amides is 2. The Kier molecular flexibility index (Phi) is 6.96. The number of aromatic amines is 1. The van der Waals surface area contributed by atoms with Gasteiger partial charge in [0.1, 0.15) is 5.82 Å². The molecule has 4 aromatic rings. The predicted octanol–water partition coefficient (Wildman–Crippen LogP) is 4.37. The van der Waals surface area contributed by atoms with Gasteiger partial charge in [-0.05, 0) is 42.8 Å². The zero-order chi connectivity index (χ0) is 26.7. The number of esters is 1. The maximum Gasteiger partial charge on any atom is 0.418 e. The van der Waals surface area contributed by atoms with E-state index in [1.165, 1.54) is 48.1 Å².